The van der Waals surface area contributed by atoms with Gasteiger partial charge in [0.15, 0.2) is 5.78 Å². The Kier molecular flexibility index (Phi) is 4.08. The second-order valence-corrected chi connectivity index (χ2v) is 5.09. The van der Waals surface area contributed by atoms with Crippen LogP contribution >= 0.6 is 0 Å². The fourth-order valence-electron chi connectivity index (χ4n) is 1.43. The summed E-state index contributed by atoms with van der Waals surface area (Å²) in [5, 5.41) is 3.17. The van der Waals surface area contributed by atoms with E-state index in [1.54, 1.807) is 0 Å². The van der Waals surface area contributed by atoms with Crippen LogP contribution in [0.3, 0.4) is 0 Å². The van der Waals surface area contributed by atoms with Gasteiger partial charge in [0.25, 0.3) is 0 Å². The van der Waals surface area contributed by atoms with Crippen LogP contribution in [-0.4, -0.2) is 31.6 Å². The molecule has 0 radical (unpaired) electrons. The predicted molar refractivity (Wildman–Crippen MR) is 56.3 cm³/mol. The number of nitrogens with one attached hydrogen (secondary N) is 1. The lowest BCUT2D eigenvalue weighted by atomic mass is 9.89. The maximum atomic E-state index is 11.7. The molecule has 14 heavy (non-hydrogen) atoms. The van der Waals surface area contributed by atoms with Crippen molar-refractivity contribution in [2.24, 2.45) is 5.41 Å². The molecule has 1 rings (SSSR count). The van der Waals surface area contributed by atoms with E-state index in [1.807, 2.05) is 0 Å². The SMILES string of the molecule is CC(C)(C)CCC(=O)C1CNCCO1. The summed E-state index contributed by atoms with van der Waals surface area (Å²) in [6, 6.07) is 0. The topological polar surface area (TPSA) is 38.3 Å². The summed E-state index contributed by atoms with van der Waals surface area (Å²) >= 11 is 0. The highest BCUT2D eigenvalue weighted by Gasteiger charge is 2.22. The van der Waals surface area contributed by atoms with Crippen LogP contribution in [-0.2, 0) is 9.53 Å². The van der Waals surface area contributed by atoms with Gasteiger partial charge in [-0.3, -0.25) is 4.79 Å². The van der Waals surface area contributed by atoms with E-state index in [0.29, 0.717) is 19.6 Å². The average molecular weight is 199 g/mol. The molecule has 0 saturated carbocycles. The maximum absolute atomic E-state index is 11.7. The Morgan fingerprint density at radius 3 is 2.71 bits per heavy atom. The Morgan fingerprint density at radius 1 is 1.50 bits per heavy atom. The second kappa shape index (κ2) is 4.89. The van der Waals surface area contributed by atoms with Gasteiger partial charge in [-0.25, -0.2) is 0 Å². The molecule has 0 aromatic carbocycles. The summed E-state index contributed by atoms with van der Waals surface area (Å²) in [5.41, 5.74) is 0.234. The van der Waals surface area contributed by atoms with E-state index in [9.17, 15) is 4.79 Å². The van der Waals surface area contributed by atoms with Gasteiger partial charge in [0, 0.05) is 19.5 Å². The number of hydrogen-bond acceptors (Lipinski definition) is 3. The summed E-state index contributed by atoms with van der Waals surface area (Å²) in [6.07, 6.45) is 1.37. The third-order valence-corrected chi connectivity index (χ3v) is 2.41. The van der Waals surface area contributed by atoms with E-state index >= 15 is 0 Å². The summed E-state index contributed by atoms with van der Waals surface area (Å²) in [7, 11) is 0. The van der Waals surface area contributed by atoms with E-state index < -0.39 is 0 Å². The maximum Gasteiger partial charge on any atom is 0.162 e. The van der Waals surface area contributed by atoms with Crippen molar-refractivity contribution >= 4 is 5.78 Å². The Morgan fingerprint density at radius 2 is 2.21 bits per heavy atom. The lowest BCUT2D eigenvalue weighted by Crippen LogP contribution is -2.43. The van der Waals surface area contributed by atoms with Gasteiger partial charge in [-0.15, -0.1) is 0 Å². The third-order valence-electron chi connectivity index (χ3n) is 2.41. The van der Waals surface area contributed by atoms with E-state index in [2.05, 4.69) is 26.1 Å². The van der Waals surface area contributed by atoms with Crippen molar-refractivity contribution in [2.45, 2.75) is 39.7 Å². The molecule has 0 bridgehead atoms. The number of carbonyl (C=O) groups excluding carboxylic acids is 1. The zero-order valence-corrected chi connectivity index (χ0v) is 9.43. The van der Waals surface area contributed by atoms with E-state index in [4.69, 9.17) is 4.74 Å². The molecule has 82 valence electrons. The van der Waals surface area contributed by atoms with Gasteiger partial charge in [-0.05, 0) is 11.8 Å². The second-order valence-electron chi connectivity index (χ2n) is 5.09. The van der Waals surface area contributed by atoms with E-state index in [-0.39, 0.29) is 17.3 Å². The quantitative estimate of drug-likeness (QED) is 0.746. The molecule has 0 spiro atoms. The number of ether oxygens (including phenoxy) is 1. The van der Waals surface area contributed by atoms with Gasteiger partial charge < -0.3 is 10.1 Å². The molecule has 1 unspecified atom stereocenters. The fourth-order valence-corrected chi connectivity index (χ4v) is 1.43. The predicted octanol–water partition coefficient (Wildman–Crippen LogP) is 1.37. The summed E-state index contributed by atoms with van der Waals surface area (Å²) < 4.78 is 5.39. The van der Waals surface area contributed by atoms with Gasteiger partial charge in [0.05, 0.1) is 6.61 Å². The number of carbonyl (C=O) groups is 1. The van der Waals surface area contributed by atoms with Crippen molar-refractivity contribution in [3.8, 4) is 0 Å². The van der Waals surface area contributed by atoms with Crippen molar-refractivity contribution in [3.63, 3.8) is 0 Å². The summed E-state index contributed by atoms with van der Waals surface area (Å²) in [5.74, 6) is 0.243. The molecule has 0 amide bonds. The summed E-state index contributed by atoms with van der Waals surface area (Å²) in [4.78, 5) is 11.7. The zero-order valence-electron chi connectivity index (χ0n) is 9.43. The molecule has 0 aromatic heterocycles. The first-order chi connectivity index (χ1) is 6.49. The standard InChI is InChI=1S/C11H21NO2/c1-11(2,3)5-4-9(13)10-8-12-6-7-14-10/h10,12H,4-8H2,1-3H3. The monoisotopic (exact) mass is 199 g/mol. The highest BCUT2D eigenvalue weighted by molar-refractivity contribution is 5.83. The molecule has 3 heteroatoms. The van der Waals surface area contributed by atoms with Gasteiger partial charge >= 0.3 is 0 Å². The highest BCUT2D eigenvalue weighted by Crippen LogP contribution is 2.21. The summed E-state index contributed by atoms with van der Waals surface area (Å²) in [6.45, 7) is 8.67. The molecule has 3 nitrogen and oxygen atoms in total. The largest absolute Gasteiger partial charge is 0.368 e. The molecule has 1 heterocycles. The molecule has 1 fully saturated rings. The Bertz CT molecular complexity index is 190. The smallest absolute Gasteiger partial charge is 0.162 e. The molecule has 1 aliphatic rings. The first-order valence-electron chi connectivity index (χ1n) is 5.34. The molecular formula is C11H21NO2. The van der Waals surface area contributed by atoms with Crippen molar-refractivity contribution in [3.05, 3.63) is 0 Å². The number of Topliss-reactive ketones (excluding diaryl/α,β-unsaturated/α-hetero) is 1. The van der Waals surface area contributed by atoms with Crippen LogP contribution in [0, 0.1) is 5.41 Å². The molecule has 0 aromatic rings. The van der Waals surface area contributed by atoms with Crippen LogP contribution in [0.25, 0.3) is 0 Å². The first-order valence-corrected chi connectivity index (χ1v) is 5.34. The molecular weight excluding hydrogens is 178 g/mol. The number of rotatable bonds is 3. The van der Waals surface area contributed by atoms with Gasteiger partial charge in [-0.1, -0.05) is 20.8 Å². The minimum atomic E-state index is -0.203. The number of morpholine rings is 1. The Balaban J connectivity index is 2.27. The minimum Gasteiger partial charge on any atom is -0.368 e. The van der Waals surface area contributed by atoms with Gasteiger partial charge in [0.2, 0.25) is 0 Å². The Hall–Kier alpha value is -0.410. The van der Waals surface area contributed by atoms with Crippen LogP contribution < -0.4 is 5.32 Å². The molecule has 1 saturated heterocycles. The molecule has 1 N–H and O–H groups in total. The minimum absolute atomic E-state index is 0.203. The normalized spacial score (nSPS) is 23.5. The van der Waals surface area contributed by atoms with Crippen LogP contribution in [0.4, 0.5) is 0 Å². The molecule has 1 aliphatic heterocycles. The highest BCUT2D eigenvalue weighted by atomic mass is 16.5. The number of hydrogen-bond donors (Lipinski definition) is 1. The first kappa shape index (κ1) is 11.7. The zero-order chi connectivity index (χ0) is 10.6. The van der Waals surface area contributed by atoms with Crippen molar-refractivity contribution in [2.75, 3.05) is 19.7 Å². The van der Waals surface area contributed by atoms with Crippen molar-refractivity contribution < 1.29 is 9.53 Å². The van der Waals surface area contributed by atoms with E-state index in [0.717, 1.165) is 13.0 Å². The lowest BCUT2D eigenvalue weighted by Gasteiger charge is -2.24. The van der Waals surface area contributed by atoms with Gasteiger partial charge in [-0.2, -0.15) is 0 Å². The van der Waals surface area contributed by atoms with Crippen LogP contribution in [0.1, 0.15) is 33.6 Å². The van der Waals surface area contributed by atoms with Crippen molar-refractivity contribution in [1.29, 1.82) is 0 Å². The number of ketones is 1. The third kappa shape index (κ3) is 4.20. The van der Waals surface area contributed by atoms with Crippen LogP contribution in [0.2, 0.25) is 0 Å². The molecule has 0 aliphatic carbocycles. The van der Waals surface area contributed by atoms with E-state index in [1.165, 1.54) is 0 Å². The van der Waals surface area contributed by atoms with Crippen LogP contribution in [0.5, 0.6) is 0 Å². The van der Waals surface area contributed by atoms with Gasteiger partial charge in [0.1, 0.15) is 6.10 Å². The average Bonchev–Trinajstić information content (AvgIpc) is 2.14. The lowest BCUT2D eigenvalue weighted by molar-refractivity contribution is -0.132. The Labute approximate surface area is 86.2 Å². The van der Waals surface area contributed by atoms with Crippen molar-refractivity contribution in [1.82, 2.24) is 5.32 Å². The van der Waals surface area contributed by atoms with Crippen LogP contribution in [0.15, 0.2) is 0 Å². The molecule has 1 atom stereocenters. The fraction of sp³-hybridized carbons (Fsp3) is 0.909.